The Labute approximate surface area is 354 Å². The van der Waals surface area contributed by atoms with Crippen molar-refractivity contribution in [1.82, 2.24) is 40.4 Å². The average molecular weight is 837 g/mol. The predicted octanol–water partition coefficient (Wildman–Crippen LogP) is 5.92. The van der Waals surface area contributed by atoms with Crippen molar-refractivity contribution in [3.63, 3.8) is 0 Å². The number of alkyl carbamates (subject to hydrolysis) is 1. The summed E-state index contributed by atoms with van der Waals surface area (Å²) in [6.45, 7) is 11.5. The minimum absolute atomic E-state index is 0.112. The van der Waals surface area contributed by atoms with Gasteiger partial charge in [-0.2, -0.15) is 0 Å². The van der Waals surface area contributed by atoms with Crippen molar-refractivity contribution in [2.75, 3.05) is 33.9 Å². The van der Waals surface area contributed by atoms with Gasteiger partial charge in [0.2, 0.25) is 18.2 Å². The molecule has 324 valence electrons. The molecule has 5 aromatic rings. The van der Waals surface area contributed by atoms with Crippen LogP contribution in [-0.4, -0.2) is 111 Å². The van der Waals surface area contributed by atoms with Crippen LogP contribution in [0.25, 0.3) is 44.2 Å². The standard InChI is InChI=1S/C45H56N8O8/c1-8-60-28-18-35(53(21-28)43(55)38(24(4)5)51-45(57)59-7)41-47-32-14-12-25-17-31-29-13-11-26(16-27(29)22-61-36(31)19-30(25)39(32)49-41)33-20-46-40(48-33)34-10-9-15-52(34)42(54)37(23(2)3)50-44(56)58-6/h11-14,16-17,19-20,23-24,28,34-35,37-38,45,51,57H,8-10,15,18,21-22H2,1-7H3,(H,46,48)(H,47,49)(H,50,56)/t28-,34-,35-,37-,38-,45?/m0/s1. The van der Waals surface area contributed by atoms with E-state index in [9.17, 15) is 19.5 Å². The fourth-order valence-electron chi connectivity index (χ4n) is 9.08. The van der Waals surface area contributed by atoms with Crippen LogP contribution in [0.5, 0.6) is 5.75 Å². The Bertz CT molecular complexity index is 2430. The molecule has 0 saturated carbocycles. The number of hydrogen-bond acceptors (Lipinski definition) is 11. The van der Waals surface area contributed by atoms with Crippen LogP contribution in [0.15, 0.2) is 48.7 Å². The first-order chi connectivity index (χ1) is 29.4. The van der Waals surface area contributed by atoms with Gasteiger partial charge in [-0.05, 0) is 77.9 Å². The second-order valence-corrected chi connectivity index (χ2v) is 16.8. The van der Waals surface area contributed by atoms with Crippen LogP contribution in [-0.2, 0) is 30.4 Å². The van der Waals surface area contributed by atoms with Crippen molar-refractivity contribution in [3.8, 4) is 28.1 Å². The SMILES string of the molecule is CCO[C@H]1C[C@@H](c2nc3c(ccc4cc5c(cc43)OCc3cc(-c4cnc([C@@H]6CCCN6C(=O)[C@@H](NC(=O)OC)C(C)C)[nH]4)ccc3-5)[nH]2)N(C(=O)[C@@H](NC(O)OC)C(C)C)C1. The molecule has 3 aliphatic rings. The van der Waals surface area contributed by atoms with Crippen molar-refractivity contribution < 1.29 is 38.4 Å². The number of aromatic nitrogens is 4. The second-order valence-electron chi connectivity index (χ2n) is 16.8. The zero-order valence-electron chi connectivity index (χ0n) is 35.8. The van der Waals surface area contributed by atoms with Gasteiger partial charge in [0.1, 0.15) is 30.0 Å². The Hall–Kier alpha value is -5.55. The van der Waals surface area contributed by atoms with Gasteiger partial charge in [0.05, 0.1) is 54.3 Å². The average Bonchev–Trinajstić information content (AvgIpc) is 4.09. The molecule has 5 heterocycles. The molecule has 0 bridgehead atoms. The molecule has 5 N–H and O–H groups in total. The highest BCUT2D eigenvalue weighted by atomic mass is 16.6. The molecular formula is C45H56N8O8. The summed E-state index contributed by atoms with van der Waals surface area (Å²) in [4.78, 5) is 60.3. The lowest BCUT2D eigenvalue weighted by molar-refractivity contribution is -0.145. The Morgan fingerprint density at radius 3 is 2.48 bits per heavy atom. The van der Waals surface area contributed by atoms with Gasteiger partial charge < -0.3 is 49.1 Å². The molecule has 16 heteroatoms. The number of imidazole rings is 2. The number of aliphatic hydroxyl groups is 1. The normalized spacial score (nSPS) is 20.2. The van der Waals surface area contributed by atoms with Crippen molar-refractivity contribution >= 4 is 39.7 Å². The van der Waals surface area contributed by atoms with Gasteiger partial charge in [0, 0.05) is 44.2 Å². The highest BCUT2D eigenvalue weighted by molar-refractivity contribution is 6.07. The minimum Gasteiger partial charge on any atom is -0.488 e. The van der Waals surface area contributed by atoms with Crippen molar-refractivity contribution in [3.05, 3.63) is 65.9 Å². The number of rotatable bonds is 13. The molecule has 61 heavy (non-hydrogen) atoms. The molecular weight excluding hydrogens is 781 g/mol. The van der Waals surface area contributed by atoms with E-state index in [0.29, 0.717) is 44.4 Å². The lowest BCUT2D eigenvalue weighted by Crippen LogP contribution is -2.53. The molecule has 2 fully saturated rings. The Kier molecular flexibility index (Phi) is 12.1. The van der Waals surface area contributed by atoms with Gasteiger partial charge in [-0.15, -0.1) is 0 Å². The van der Waals surface area contributed by atoms with E-state index < -0.39 is 24.6 Å². The largest absolute Gasteiger partial charge is 0.488 e. The van der Waals surface area contributed by atoms with Gasteiger partial charge in [0.15, 0.2) is 0 Å². The number of amides is 3. The predicted molar refractivity (Wildman–Crippen MR) is 228 cm³/mol. The van der Waals surface area contributed by atoms with Crippen LogP contribution in [0.2, 0.25) is 0 Å². The number of methoxy groups -OCH3 is 2. The van der Waals surface area contributed by atoms with Gasteiger partial charge in [-0.3, -0.25) is 14.9 Å². The minimum atomic E-state index is -1.28. The van der Waals surface area contributed by atoms with E-state index >= 15 is 0 Å². The molecule has 6 atom stereocenters. The van der Waals surface area contributed by atoms with Gasteiger partial charge in [0.25, 0.3) is 0 Å². The summed E-state index contributed by atoms with van der Waals surface area (Å²) in [6, 6.07) is 12.6. The first-order valence-electron chi connectivity index (χ1n) is 21.2. The van der Waals surface area contributed by atoms with E-state index in [1.807, 2.05) is 51.8 Å². The maximum atomic E-state index is 14.1. The van der Waals surface area contributed by atoms with Gasteiger partial charge >= 0.3 is 6.09 Å². The number of nitrogens with zero attached hydrogens (tertiary/aromatic N) is 4. The Morgan fingerprint density at radius 2 is 1.74 bits per heavy atom. The Morgan fingerprint density at radius 1 is 0.951 bits per heavy atom. The van der Waals surface area contributed by atoms with Crippen molar-refractivity contribution in [1.29, 1.82) is 0 Å². The third-order valence-corrected chi connectivity index (χ3v) is 12.3. The number of nitrogens with one attached hydrogen (secondary N) is 4. The maximum absolute atomic E-state index is 14.1. The summed E-state index contributed by atoms with van der Waals surface area (Å²) in [6.07, 6.45) is 1.92. The molecule has 2 saturated heterocycles. The van der Waals surface area contributed by atoms with Crippen LogP contribution < -0.4 is 15.4 Å². The zero-order valence-corrected chi connectivity index (χ0v) is 35.8. The first-order valence-corrected chi connectivity index (χ1v) is 21.2. The van der Waals surface area contributed by atoms with Gasteiger partial charge in [-0.25, -0.2) is 14.8 Å². The number of likely N-dealkylation sites (tertiary alicyclic amines) is 2. The van der Waals surface area contributed by atoms with E-state index in [2.05, 4.69) is 57.0 Å². The number of H-pyrrole nitrogens is 2. The van der Waals surface area contributed by atoms with E-state index in [-0.39, 0.29) is 41.8 Å². The highest BCUT2D eigenvalue weighted by Crippen LogP contribution is 2.43. The lowest BCUT2D eigenvalue weighted by atomic mass is 9.92. The van der Waals surface area contributed by atoms with Crippen LogP contribution in [0, 0.1) is 11.8 Å². The summed E-state index contributed by atoms with van der Waals surface area (Å²) in [5.41, 5.74) is 6.54. The van der Waals surface area contributed by atoms with Gasteiger partial charge in [-0.1, -0.05) is 45.9 Å². The smallest absolute Gasteiger partial charge is 0.407 e. The Balaban J connectivity index is 1.05. The summed E-state index contributed by atoms with van der Waals surface area (Å²) >= 11 is 0. The third-order valence-electron chi connectivity index (χ3n) is 12.3. The van der Waals surface area contributed by atoms with E-state index in [1.165, 1.54) is 14.2 Å². The fraction of sp³-hybridized carbons (Fsp3) is 0.489. The topological polar surface area (TPSA) is 196 Å². The summed E-state index contributed by atoms with van der Waals surface area (Å²) < 4.78 is 22.3. The van der Waals surface area contributed by atoms with Crippen LogP contribution in [0.1, 0.15) is 83.2 Å². The maximum Gasteiger partial charge on any atom is 0.407 e. The fourth-order valence-corrected chi connectivity index (χ4v) is 9.08. The molecule has 0 spiro atoms. The zero-order chi connectivity index (χ0) is 43.1. The van der Waals surface area contributed by atoms with E-state index in [4.69, 9.17) is 28.9 Å². The van der Waals surface area contributed by atoms with Crippen LogP contribution in [0.3, 0.4) is 0 Å². The number of aromatic amines is 2. The van der Waals surface area contributed by atoms with Crippen molar-refractivity contribution in [2.24, 2.45) is 11.8 Å². The number of carbonyl (C=O) groups excluding carboxylic acids is 3. The lowest BCUT2D eigenvalue weighted by Gasteiger charge is -2.31. The molecule has 3 amide bonds. The quantitative estimate of drug-likeness (QED) is 0.0883. The monoisotopic (exact) mass is 836 g/mol. The highest BCUT2D eigenvalue weighted by Gasteiger charge is 2.42. The van der Waals surface area contributed by atoms with E-state index in [0.717, 1.165) is 68.3 Å². The van der Waals surface area contributed by atoms with Crippen molar-refractivity contribution in [2.45, 2.75) is 97.2 Å². The molecule has 3 aliphatic heterocycles. The third kappa shape index (κ3) is 8.16. The molecule has 16 nitrogen and oxygen atoms in total. The summed E-state index contributed by atoms with van der Waals surface area (Å²) in [5, 5.41) is 17.8. The first kappa shape index (κ1) is 42.2. The number of benzene rings is 3. The molecule has 0 aliphatic carbocycles. The number of carbonyl (C=O) groups is 3. The van der Waals surface area contributed by atoms with Crippen LogP contribution in [0.4, 0.5) is 4.79 Å². The molecule has 1 unspecified atom stereocenters. The number of fused-ring (bicyclic) bond motifs is 6. The van der Waals surface area contributed by atoms with Crippen LogP contribution >= 0.6 is 0 Å². The number of hydrogen-bond donors (Lipinski definition) is 5. The number of ether oxygens (including phenoxy) is 4. The second kappa shape index (κ2) is 17.4. The summed E-state index contributed by atoms with van der Waals surface area (Å²) in [5.74, 6) is 1.61. The molecule has 8 rings (SSSR count). The molecule has 0 radical (unpaired) electrons. The summed E-state index contributed by atoms with van der Waals surface area (Å²) in [7, 11) is 2.67. The molecule has 2 aromatic heterocycles. The molecule has 3 aromatic carbocycles. The number of aliphatic hydroxyl groups excluding tert-OH is 1. The van der Waals surface area contributed by atoms with E-state index in [1.54, 1.807) is 4.90 Å².